The standard InChI is InChI=1S/C28H29NO5/c1-5-34-27(31)22-14-13-19(17-25(22)33-4)15-16-28(29-18(2)30)23-11-7-6-9-20(23)21-10-8-12-24(32-3)26(21)28/h6-14,17H,5,15-16H2,1-4H3,(H,29,30). The number of nitrogens with one attached hydrogen (secondary N) is 1. The van der Waals surface area contributed by atoms with Crippen molar-refractivity contribution in [3.63, 3.8) is 0 Å². The Morgan fingerprint density at radius 1 is 0.912 bits per heavy atom. The summed E-state index contributed by atoms with van der Waals surface area (Å²) in [5.74, 6) is 0.666. The number of carbonyl (C=O) groups excluding carboxylic acids is 2. The average Bonchev–Trinajstić information content (AvgIpc) is 3.12. The normalized spacial score (nSPS) is 15.8. The largest absolute Gasteiger partial charge is 0.496 e. The number of hydrogen-bond donors (Lipinski definition) is 1. The van der Waals surface area contributed by atoms with Gasteiger partial charge in [-0.3, -0.25) is 4.79 Å². The molecule has 1 aliphatic carbocycles. The molecule has 0 radical (unpaired) electrons. The zero-order valence-corrected chi connectivity index (χ0v) is 19.9. The fourth-order valence-electron chi connectivity index (χ4n) is 4.94. The summed E-state index contributed by atoms with van der Waals surface area (Å²) in [5.41, 5.74) is 4.76. The predicted molar refractivity (Wildman–Crippen MR) is 130 cm³/mol. The highest BCUT2D eigenvalue weighted by Crippen LogP contribution is 2.53. The number of methoxy groups -OCH3 is 2. The fourth-order valence-corrected chi connectivity index (χ4v) is 4.94. The lowest BCUT2D eigenvalue weighted by Gasteiger charge is -2.34. The van der Waals surface area contributed by atoms with Gasteiger partial charge >= 0.3 is 5.97 Å². The van der Waals surface area contributed by atoms with Crippen molar-refractivity contribution in [1.29, 1.82) is 0 Å². The molecule has 3 aromatic carbocycles. The van der Waals surface area contributed by atoms with Crippen molar-refractivity contribution in [3.05, 3.63) is 82.9 Å². The lowest BCUT2D eigenvalue weighted by molar-refractivity contribution is -0.120. The molecule has 176 valence electrons. The summed E-state index contributed by atoms with van der Waals surface area (Å²) in [7, 11) is 3.19. The summed E-state index contributed by atoms with van der Waals surface area (Å²) in [5, 5.41) is 3.26. The molecule has 6 nitrogen and oxygen atoms in total. The van der Waals surface area contributed by atoms with Crippen LogP contribution in [0, 0.1) is 0 Å². The third-order valence-corrected chi connectivity index (χ3v) is 6.29. The second-order valence-electron chi connectivity index (χ2n) is 8.27. The average molecular weight is 460 g/mol. The number of rotatable bonds is 8. The first-order chi connectivity index (χ1) is 16.4. The van der Waals surface area contributed by atoms with E-state index in [1.54, 1.807) is 20.1 Å². The molecular formula is C28H29NO5. The number of ether oxygens (including phenoxy) is 3. The molecule has 1 amide bonds. The van der Waals surface area contributed by atoms with Gasteiger partial charge in [-0.05, 0) is 60.2 Å². The van der Waals surface area contributed by atoms with Crippen LogP contribution in [0.3, 0.4) is 0 Å². The van der Waals surface area contributed by atoms with Crippen LogP contribution in [0.5, 0.6) is 11.5 Å². The monoisotopic (exact) mass is 459 g/mol. The topological polar surface area (TPSA) is 73.9 Å². The third-order valence-electron chi connectivity index (χ3n) is 6.29. The van der Waals surface area contributed by atoms with E-state index in [0.717, 1.165) is 33.6 Å². The highest BCUT2D eigenvalue weighted by molar-refractivity contribution is 5.92. The first-order valence-corrected chi connectivity index (χ1v) is 11.3. The van der Waals surface area contributed by atoms with E-state index in [1.165, 1.54) is 14.0 Å². The Morgan fingerprint density at radius 2 is 1.65 bits per heavy atom. The fraction of sp³-hybridized carbons (Fsp3) is 0.286. The molecule has 1 unspecified atom stereocenters. The lowest BCUT2D eigenvalue weighted by Crippen LogP contribution is -2.45. The van der Waals surface area contributed by atoms with Crippen molar-refractivity contribution in [2.45, 2.75) is 32.2 Å². The maximum atomic E-state index is 12.5. The first-order valence-electron chi connectivity index (χ1n) is 11.3. The zero-order valence-electron chi connectivity index (χ0n) is 19.9. The van der Waals surface area contributed by atoms with Crippen LogP contribution < -0.4 is 14.8 Å². The maximum absolute atomic E-state index is 12.5. The molecule has 0 fully saturated rings. The minimum atomic E-state index is -0.753. The Hall–Kier alpha value is -3.80. The first kappa shape index (κ1) is 23.4. The molecule has 1 atom stereocenters. The van der Waals surface area contributed by atoms with Crippen LogP contribution in [-0.2, 0) is 21.5 Å². The van der Waals surface area contributed by atoms with E-state index >= 15 is 0 Å². The Labute approximate surface area is 199 Å². The molecule has 0 saturated carbocycles. The summed E-state index contributed by atoms with van der Waals surface area (Å²) < 4.78 is 16.4. The Morgan fingerprint density at radius 3 is 2.35 bits per heavy atom. The van der Waals surface area contributed by atoms with Crippen LogP contribution in [0.4, 0.5) is 0 Å². The van der Waals surface area contributed by atoms with Gasteiger partial charge in [-0.2, -0.15) is 0 Å². The molecule has 0 aliphatic heterocycles. The van der Waals surface area contributed by atoms with Crippen LogP contribution >= 0.6 is 0 Å². The smallest absolute Gasteiger partial charge is 0.341 e. The number of esters is 1. The van der Waals surface area contributed by atoms with Gasteiger partial charge in [-0.15, -0.1) is 0 Å². The van der Waals surface area contributed by atoms with Crippen LogP contribution in [0.15, 0.2) is 60.7 Å². The molecule has 34 heavy (non-hydrogen) atoms. The van der Waals surface area contributed by atoms with E-state index < -0.39 is 11.5 Å². The van der Waals surface area contributed by atoms with Crippen LogP contribution in [0.25, 0.3) is 11.1 Å². The van der Waals surface area contributed by atoms with Gasteiger partial charge < -0.3 is 19.5 Å². The molecule has 0 bridgehead atoms. The number of benzene rings is 3. The minimum Gasteiger partial charge on any atom is -0.496 e. The van der Waals surface area contributed by atoms with Gasteiger partial charge in [0.1, 0.15) is 17.1 Å². The molecular weight excluding hydrogens is 430 g/mol. The zero-order chi connectivity index (χ0) is 24.3. The second kappa shape index (κ2) is 9.59. The Kier molecular flexibility index (Phi) is 6.59. The number of amides is 1. The SMILES string of the molecule is CCOC(=O)c1ccc(CCC2(NC(C)=O)c3ccccc3-c3cccc(OC)c32)cc1OC. The van der Waals surface area contributed by atoms with E-state index in [-0.39, 0.29) is 5.91 Å². The van der Waals surface area contributed by atoms with Crippen LogP contribution in [0.1, 0.15) is 47.3 Å². The molecule has 0 spiro atoms. The van der Waals surface area contributed by atoms with E-state index in [0.29, 0.717) is 30.8 Å². The molecule has 4 rings (SSSR count). The van der Waals surface area contributed by atoms with E-state index in [2.05, 4.69) is 23.5 Å². The number of fused-ring (bicyclic) bond motifs is 3. The van der Waals surface area contributed by atoms with Crippen molar-refractivity contribution >= 4 is 11.9 Å². The van der Waals surface area contributed by atoms with Crippen molar-refractivity contribution in [2.75, 3.05) is 20.8 Å². The van der Waals surface area contributed by atoms with Crippen molar-refractivity contribution in [2.24, 2.45) is 0 Å². The quantitative estimate of drug-likeness (QED) is 0.487. The van der Waals surface area contributed by atoms with Gasteiger partial charge in [0.05, 0.1) is 26.4 Å². The predicted octanol–water partition coefficient (Wildman–Crippen LogP) is 4.87. The Bertz CT molecular complexity index is 1240. The highest BCUT2D eigenvalue weighted by atomic mass is 16.5. The second-order valence-corrected chi connectivity index (χ2v) is 8.27. The van der Waals surface area contributed by atoms with Gasteiger partial charge in [-0.25, -0.2) is 4.79 Å². The van der Waals surface area contributed by atoms with E-state index in [1.807, 2.05) is 36.4 Å². The summed E-state index contributed by atoms with van der Waals surface area (Å²) in [6.07, 6.45) is 1.23. The minimum absolute atomic E-state index is 0.121. The van der Waals surface area contributed by atoms with Crippen LogP contribution in [-0.4, -0.2) is 32.7 Å². The summed E-state index contributed by atoms with van der Waals surface area (Å²) in [4.78, 5) is 24.8. The van der Waals surface area contributed by atoms with Gasteiger partial charge in [0.15, 0.2) is 0 Å². The van der Waals surface area contributed by atoms with E-state index in [4.69, 9.17) is 14.2 Å². The molecule has 3 aromatic rings. The highest BCUT2D eigenvalue weighted by Gasteiger charge is 2.45. The maximum Gasteiger partial charge on any atom is 0.341 e. The Balaban J connectivity index is 1.77. The third kappa shape index (κ3) is 4.00. The molecule has 6 heteroatoms. The van der Waals surface area contributed by atoms with E-state index in [9.17, 15) is 9.59 Å². The van der Waals surface area contributed by atoms with Crippen molar-refractivity contribution in [1.82, 2.24) is 5.32 Å². The van der Waals surface area contributed by atoms with Crippen molar-refractivity contribution in [3.8, 4) is 22.6 Å². The molecule has 1 aliphatic rings. The molecule has 0 aromatic heterocycles. The van der Waals surface area contributed by atoms with Gasteiger partial charge in [0, 0.05) is 12.5 Å². The van der Waals surface area contributed by atoms with Crippen molar-refractivity contribution < 1.29 is 23.8 Å². The molecule has 0 saturated heterocycles. The summed E-state index contributed by atoms with van der Waals surface area (Å²) >= 11 is 0. The number of aryl methyl sites for hydroxylation is 1. The summed E-state index contributed by atoms with van der Waals surface area (Å²) in [6, 6.07) is 19.6. The van der Waals surface area contributed by atoms with Gasteiger partial charge in [0.2, 0.25) is 5.91 Å². The molecule has 0 heterocycles. The molecule has 1 N–H and O–H groups in total. The number of carbonyl (C=O) groups is 2. The lowest BCUT2D eigenvalue weighted by atomic mass is 9.81. The number of hydrogen-bond acceptors (Lipinski definition) is 5. The van der Waals surface area contributed by atoms with Gasteiger partial charge in [0.25, 0.3) is 0 Å². The summed E-state index contributed by atoms with van der Waals surface area (Å²) in [6.45, 7) is 3.60. The van der Waals surface area contributed by atoms with Gasteiger partial charge in [-0.1, -0.05) is 42.5 Å². The van der Waals surface area contributed by atoms with Crippen LogP contribution in [0.2, 0.25) is 0 Å².